The molecule has 106 valence electrons. The first-order valence-electron chi connectivity index (χ1n) is 7.67. The van der Waals surface area contributed by atoms with Crippen molar-refractivity contribution in [2.75, 3.05) is 0 Å². The van der Waals surface area contributed by atoms with Gasteiger partial charge in [0.2, 0.25) is 0 Å². The molecule has 0 aliphatic heterocycles. The van der Waals surface area contributed by atoms with Crippen molar-refractivity contribution >= 4 is 22.5 Å². The molecule has 2 aromatic carbocycles. The molecule has 3 unspecified atom stereocenters. The quantitative estimate of drug-likeness (QED) is 0.873. The highest BCUT2D eigenvalue weighted by atomic mass is 32.2. The van der Waals surface area contributed by atoms with Gasteiger partial charge in [-0.2, -0.15) is 0 Å². The monoisotopic (exact) mass is 285 g/mol. The van der Waals surface area contributed by atoms with E-state index in [-0.39, 0.29) is 0 Å². The predicted molar refractivity (Wildman–Crippen MR) is 89.2 cm³/mol. The van der Waals surface area contributed by atoms with Crippen molar-refractivity contribution in [3.05, 3.63) is 42.5 Å². The van der Waals surface area contributed by atoms with Gasteiger partial charge in [0, 0.05) is 16.2 Å². The van der Waals surface area contributed by atoms with E-state index in [2.05, 4.69) is 49.4 Å². The van der Waals surface area contributed by atoms with E-state index in [1.165, 1.54) is 41.4 Å². The van der Waals surface area contributed by atoms with Crippen LogP contribution >= 0.6 is 11.8 Å². The van der Waals surface area contributed by atoms with Crippen LogP contribution in [0.2, 0.25) is 0 Å². The van der Waals surface area contributed by atoms with Gasteiger partial charge < -0.3 is 5.73 Å². The third-order valence-electron chi connectivity index (χ3n) is 4.54. The third kappa shape index (κ3) is 3.02. The minimum Gasteiger partial charge on any atom is -0.327 e. The summed E-state index contributed by atoms with van der Waals surface area (Å²) >= 11 is 1.98. The van der Waals surface area contributed by atoms with Crippen LogP contribution in [0.4, 0.5) is 0 Å². The molecule has 1 fully saturated rings. The smallest absolute Gasteiger partial charge is 0.0248 e. The van der Waals surface area contributed by atoms with Crippen LogP contribution in [0.5, 0.6) is 0 Å². The van der Waals surface area contributed by atoms with E-state index in [0.717, 1.165) is 5.92 Å². The normalized spacial score (nSPS) is 26.8. The standard InChI is InChI=1S/C18H23NS/c1-2-13-7-10-17(19)18(11-13)20-16-9-8-14-5-3-4-6-15(14)12-16/h3-6,8-9,12-13,17-18H,2,7,10-11,19H2,1H3. The third-order valence-corrected chi connectivity index (χ3v) is 5.91. The molecule has 0 amide bonds. The Kier molecular flexibility index (Phi) is 4.32. The molecule has 1 aliphatic rings. The minimum atomic E-state index is 0.356. The lowest BCUT2D eigenvalue weighted by atomic mass is 9.84. The average Bonchev–Trinajstić information content (AvgIpc) is 2.49. The summed E-state index contributed by atoms with van der Waals surface area (Å²) in [5.41, 5.74) is 6.34. The fourth-order valence-corrected chi connectivity index (χ4v) is 4.53. The van der Waals surface area contributed by atoms with Crippen molar-refractivity contribution in [3.63, 3.8) is 0 Å². The molecule has 1 saturated carbocycles. The van der Waals surface area contributed by atoms with E-state index in [1.54, 1.807) is 0 Å². The second-order valence-corrected chi connectivity index (χ2v) is 7.23. The van der Waals surface area contributed by atoms with Crippen LogP contribution < -0.4 is 5.73 Å². The molecule has 20 heavy (non-hydrogen) atoms. The molecule has 0 heterocycles. The maximum Gasteiger partial charge on any atom is 0.0248 e. The number of thioether (sulfide) groups is 1. The molecule has 0 bridgehead atoms. The summed E-state index contributed by atoms with van der Waals surface area (Å²) in [6, 6.07) is 15.7. The molecular weight excluding hydrogens is 262 g/mol. The van der Waals surface area contributed by atoms with Crippen molar-refractivity contribution in [2.45, 2.75) is 48.8 Å². The Balaban J connectivity index is 1.77. The zero-order valence-corrected chi connectivity index (χ0v) is 12.9. The highest BCUT2D eigenvalue weighted by molar-refractivity contribution is 8.00. The largest absolute Gasteiger partial charge is 0.327 e. The maximum atomic E-state index is 6.34. The van der Waals surface area contributed by atoms with Crippen molar-refractivity contribution in [1.29, 1.82) is 0 Å². The lowest BCUT2D eigenvalue weighted by Crippen LogP contribution is -2.38. The molecule has 0 saturated heterocycles. The van der Waals surface area contributed by atoms with Gasteiger partial charge in [-0.1, -0.05) is 43.7 Å². The van der Waals surface area contributed by atoms with Gasteiger partial charge in [0.05, 0.1) is 0 Å². The van der Waals surface area contributed by atoms with E-state index >= 15 is 0 Å². The van der Waals surface area contributed by atoms with Crippen LogP contribution in [-0.4, -0.2) is 11.3 Å². The molecule has 0 spiro atoms. The number of hydrogen-bond acceptors (Lipinski definition) is 2. The average molecular weight is 285 g/mol. The first-order chi connectivity index (χ1) is 9.76. The van der Waals surface area contributed by atoms with Gasteiger partial charge in [0.25, 0.3) is 0 Å². The van der Waals surface area contributed by atoms with Gasteiger partial charge in [-0.05, 0) is 48.1 Å². The molecule has 2 N–H and O–H groups in total. The second kappa shape index (κ2) is 6.19. The Morgan fingerprint density at radius 3 is 2.70 bits per heavy atom. The van der Waals surface area contributed by atoms with Gasteiger partial charge >= 0.3 is 0 Å². The van der Waals surface area contributed by atoms with Crippen LogP contribution in [0.25, 0.3) is 10.8 Å². The summed E-state index contributed by atoms with van der Waals surface area (Å²) in [4.78, 5) is 1.36. The predicted octanol–water partition coefficient (Wildman–Crippen LogP) is 4.84. The Morgan fingerprint density at radius 2 is 1.90 bits per heavy atom. The van der Waals surface area contributed by atoms with Crippen LogP contribution in [0.1, 0.15) is 32.6 Å². The fraction of sp³-hybridized carbons (Fsp3) is 0.444. The van der Waals surface area contributed by atoms with Crippen molar-refractivity contribution in [3.8, 4) is 0 Å². The highest BCUT2D eigenvalue weighted by Crippen LogP contribution is 2.37. The summed E-state index contributed by atoms with van der Waals surface area (Å²) in [7, 11) is 0. The zero-order chi connectivity index (χ0) is 13.9. The van der Waals surface area contributed by atoms with E-state index < -0.39 is 0 Å². The van der Waals surface area contributed by atoms with Gasteiger partial charge in [0.1, 0.15) is 0 Å². The first-order valence-corrected chi connectivity index (χ1v) is 8.55. The van der Waals surface area contributed by atoms with E-state index in [4.69, 9.17) is 5.73 Å². The van der Waals surface area contributed by atoms with Crippen LogP contribution in [0.15, 0.2) is 47.4 Å². The van der Waals surface area contributed by atoms with Gasteiger partial charge in [-0.15, -0.1) is 11.8 Å². The summed E-state index contributed by atoms with van der Waals surface area (Å²) in [6.07, 6.45) is 5.06. The molecule has 2 heteroatoms. The number of rotatable bonds is 3. The first kappa shape index (κ1) is 14.0. The van der Waals surface area contributed by atoms with Crippen LogP contribution in [-0.2, 0) is 0 Å². The molecule has 1 nitrogen and oxygen atoms in total. The molecule has 2 aromatic rings. The SMILES string of the molecule is CCC1CCC(N)C(Sc2ccc3ccccc3c2)C1. The van der Waals surface area contributed by atoms with Gasteiger partial charge in [0.15, 0.2) is 0 Å². The van der Waals surface area contributed by atoms with Crippen molar-refractivity contribution < 1.29 is 0 Å². The molecule has 0 radical (unpaired) electrons. The van der Waals surface area contributed by atoms with E-state index in [1.807, 2.05) is 11.8 Å². The Hall–Kier alpha value is -0.990. The number of nitrogens with two attached hydrogens (primary N) is 1. The molecule has 3 atom stereocenters. The van der Waals surface area contributed by atoms with E-state index in [0.29, 0.717) is 11.3 Å². The summed E-state index contributed by atoms with van der Waals surface area (Å²) in [5, 5.41) is 3.22. The van der Waals surface area contributed by atoms with Crippen molar-refractivity contribution in [1.82, 2.24) is 0 Å². The summed E-state index contributed by atoms with van der Waals surface area (Å²) in [6.45, 7) is 2.30. The lowest BCUT2D eigenvalue weighted by molar-refractivity contribution is 0.327. The number of fused-ring (bicyclic) bond motifs is 1. The molecule has 1 aliphatic carbocycles. The molecule has 3 rings (SSSR count). The van der Waals surface area contributed by atoms with Crippen LogP contribution in [0, 0.1) is 5.92 Å². The van der Waals surface area contributed by atoms with E-state index in [9.17, 15) is 0 Å². The molecular formula is C18H23NS. The zero-order valence-electron chi connectivity index (χ0n) is 12.1. The Labute approximate surface area is 125 Å². The van der Waals surface area contributed by atoms with Crippen molar-refractivity contribution in [2.24, 2.45) is 11.7 Å². The number of hydrogen-bond donors (Lipinski definition) is 1. The Bertz CT molecular complexity index is 580. The Morgan fingerprint density at radius 1 is 1.10 bits per heavy atom. The number of benzene rings is 2. The lowest BCUT2D eigenvalue weighted by Gasteiger charge is -2.33. The summed E-state index contributed by atoms with van der Waals surface area (Å²) < 4.78 is 0. The topological polar surface area (TPSA) is 26.0 Å². The second-order valence-electron chi connectivity index (χ2n) is 5.92. The fourth-order valence-electron chi connectivity index (χ4n) is 3.16. The minimum absolute atomic E-state index is 0.356. The van der Waals surface area contributed by atoms with Crippen LogP contribution in [0.3, 0.4) is 0 Å². The van der Waals surface area contributed by atoms with Gasteiger partial charge in [-0.3, -0.25) is 0 Å². The highest BCUT2D eigenvalue weighted by Gasteiger charge is 2.27. The maximum absolute atomic E-state index is 6.34. The summed E-state index contributed by atoms with van der Waals surface area (Å²) in [5.74, 6) is 0.868. The molecule has 0 aromatic heterocycles. The van der Waals surface area contributed by atoms with Gasteiger partial charge in [-0.25, -0.2) is 0 Å².